The van der Waals surface area contributed by atoms with Crippen molar-refractivity contribution in [1.29, 1.82) is 0 Å². The number of hydrogen-bond acceptors (Lipinski definition) is 4. The third-order valence-electron chi connectivity index (χ3n) is 4.39. The lowest BCUT2D eigenvalue weighted by atomic mass is 10.0. The molecule has 0 radical (unpaired) electrons. The van der Waals surface area contributed by atoms with E-state index in [0.717, 1.165) is 30.8 Å². The summed E-state index contributed by atoms with van der Waals surface area (Å²) in [6.45, 7) is 1.51. The number of aromatic nitrogens is 2. The molecule has 1 N–H and O–H groups in total. The van der Waals surface area contributed by atoms with Crippen molar-refractivity contribution in [2.75, 3.05) is 16.8 Å². The maximum Gasteiger partial charge on any atom is 0.224 e. The molecule has 0 spiro atoms. The maximum atomic E-state index is 13.0. The summed E-state index contributed by atoms with van der Waals surface area (Å²) >= 11 is 0. The van der Waals surface area contributed by atoms with E-state index < -0.39 is 0 Å². The van der Waals surface area contributed by atoms with Gasteiger partial charge in [-0.25, -0.2) is 9.37 Å². The fourth-order valence-corrected chi connectivity index (χ4v) is 3.14. The summed E-state index contributed by atoms with van der Waals surface area (Å²) in [5, 5.41) is 3.21. The summed E-state index contributed by atoms with van der Waals surface area (Å²) in [5.74, 6) is 1.24. The minimum atomic E-state index is -0.231. The molecule has 0 fully saturated rings. The number of anilines is 3. The van der Waals surface area contributed by atoms with Crippen molar-refractivity contribution >= 4 is 17.5 Å². The summed E-state index contributed by atoms with van der Waals surface area (Å²) in [4.78, 5) is 11.2. The molecule has 4 rings (SSSR count). The number of para-hydroxylation sites is 1. The Kier molecular flexibility index (Phi) is 4.29. The van der Waals surface area contributed by atoms with E-state index in [9.17, 15) is 4.39 Å². The molecule has 0 unspecified atom stereocenters. The second kappa shape index (κ2) is 6.89. The molecule has 25 heavy (non-hydrogen) atoms. The van der Waals surface area contributed by atoms with Crippen LogP contribution in [0.3, 0.4) is 0 Å². The van der Waals surface area contributed by atoms with Crippen molar-refractivity contribution in [2.24, 2.45) is 0 Å². The molecule has 0 aliphatic carbocycles. The molecule has 5 heteroatoms. The van der Waals surface area contributed by atoms with E-state index in [0.29, 0.717) is 12.5 Å². The molecule has 0 atom stereocenters. The molecule has 1 aromatic heterocycles. The van der Waals surface area contributed by atoms with E-state index in [1.807, 2.05) is 6.07 Å². The maximum absolute atomic E-state index is 13.0. The minimum absolute atomic E-state index is 0.231. The number of rotatable bonds is 4. The van der Waals surface area contributed by atoms with Gasteiger partial charge < -0.3 is 10.2 Å². The Balaban J connectivity index is 1.53. The average molecular weight is 334 g/mol. The molecule has 2 heterocycles. The van der Waals surface area contributed by atoms with Crippen LogP contribution < -0.4 is 10.2 Å². The van der Waals surface area contributed by atoms with Crippen LogP contribution in [0.15, 0.2) is 60.8 Å². The SMILES string of the molecule is Fc1ccc(CNc2nccc(N3CCCc4ccccc43)n2)cc1. The zero-order valence-electron chi connectivity index (χ0n) is 13.8. The van der Waals surface area contributed by atoms with Gasteiger partial charge in [-0.1, -0.05) is 30.3 Å². The summed E-state index contributed by atoms with van der Waals surface area (Å²) in [6.07, 6.45) is 3.99. The lowest BCUT2D eigenvalue weighted by Crippen LogP contribution is -2.25. The van der Waals surface area contributed by atoms with Crippen LogP contribution in [0.1, 0.15) is 17.5 Å². The van der Waals surface area contributed by atoms with Crippen LogP contribution in [0.5, 0.6) is 0 Å². The van der Waals surface area contributed by atoms with Crippen molar-refractivity contribution in [3.8, 4) is 0 Å². The van der Waals surface area contributed by atoms with Gasteiger partial charge in [0.15, 0.2) is 0 Å². The first-order chi connectivity index (χ1) is 12.3. The first-order valence-corrected chi connectivity index (χ1v) is 8.46. The van der Waals surface area contributed by atoms with Crippen molar-refractivity contribution in [2.45, 2.75) is 19.4 Å². The van der Waals surface area contributed by atoms with Crippen LogP contribution in [0, 0.1) is 5.82 Å². The monoisotopic (exact) mass is 334 g/mol. The Bertz CT molecular complexity index is 864. The van der Waals surface area contributed by atoms with Crippen molar-refractivity contribution in [3.05, 3.63) is 77.7 Å². The van der Waals surface area contributed by atoms with Gasteiger partial charge in [-0.05, 0) is 48.2 Å². The first kappa shape index (κ1) is 15.6. The molecule has 0 amide bonds. The standard InChI is InChI=1S/C20H19FN4/c21-17-9-7-15(8-10-17)14-23-20-22-12-11-19(24-20)25-13-3-5-16-4-1-2-6-18(16)25/h1-2,4,6-12H,3,5,13-14H2,(H,22,23,24). The zero-order valence-corrected chi connectivity index (χ0v) is 13.8. The Hall–Kier alpha value is -2.95. The normalized spacial score (nSPS) is 13.4. The molecule has 0 saturated heterocycles. The topological polar surface area (TPSA) is 41.1 Å². The fraction of sp³-hybridized carbons (Fsp3) is 0.200. The second-order valence-corrected chi connectivity index (χ2v) is 6.10. The highest BCUT2D eigenvalue weighted by molar-refractivity contribution is 5.65. The Morgan fingerprint density at radius 1 is 1.04 bits per heavy atom. The van der Waals surface area contributed by atoms with Gasteiger partial charge in [0.25, 0.3) is 0 Å². The molecule has 4 nitrogen and oxygen atoms in total. The average Bonchev–Trinajstić information content (AvgIpc) is 2.67. The van der Waals surface area contributed by atoms with Gasteiger partial charge in [-0.15, -0.1) is 0 Å². The second-order valence-electron chi connectivity index (χ2n) is 6.10. The van der Waals surface area contributed by atoms with Crippen LogP contribution in [-0.2, 0) is 13.0 Å². The van der Waals surface area contributed by atoms with E-state index in [-0.39, 0.29) is 5.82 Å². The van der Waals surface area contributed by atoms with Crippen molar-refractivity contribution < 1.29 is 4.39 Å². The third-order valence-corrected chi connectivity index (χ3v) is 4.39. The van der Waals surface area contributed by atoms with E-state index in [1.165, 1.54) is 23.4 Å². The Labute approximate surface area is 146 Å². The van der Waals surface area contributed by atoms with Crippen LogP contribution in [0.25, 0.3) is 0 Å². The first-order valence-electron chi connectivity index (χ1n) is 8.46. The molecule has 0 saturated carbocycles. The van der Waals surface area contributed by atoms with E-state index in [1.54, 1.807) is 18.3 Å². The van der Waals surface area contributed by atoms with Gasteiger partial charge in [-0.2, -0.15) is 4.98 Å². The van der Waals surface area contributed by atoms with E-state index in [4.69, 9.17) is 0 Å². The predicted molar refractivity (Wildman–Crippen MR) is 97.5 cm³/mol. The summed E-state index contributed by atoms with van der Waals surface area (Å²) in [6, 6.07) is 16.8. The zero-order chi connectivity index (χ0) is 17.1. The molecular formula is C20H19FN4. The minimum Gasteiger partial charge on any atom is -0.350 e. The Morgan fingerprint density at radius 3 is 2.76 bits per heavy atom. The van der Waals surface area contributed by atoms with Gasteiger partial charge in [0, 0.05) is 25.0 Å². The predicted octanol–water partition coefficient (Wildman–Crippen LogP) is 4.31. The molecule has 1 aliphatic rings. The number of hydrogen-bond donors (Lipinski definition) is 1. The number of halogens is 1. The number of fused-ring (bicyclic) bond motifs is 1. The quantitative estimate of drug-likeness (QED) is 0.772. The van der Waals surface area contributed by atoms with Crippen molar-refractivity contribution in [1.82, 2.24) is 9.97 Å². The molecule has 1 aliphatic heterocycles. The molecule has 3 aromatic rings. The third kappa shape index (κ3) is 3.45. The van der Waals surface area contributed by atoms with Crippen LogP contribution in [-0.4, -0.2) is 16.5 Å². The molecule has 0 bridgehead atoms. The molecular weight excluding hydrogens is 315 g/mol. The highest BCUT2D eigenvalue weighted by Gasteiger charge is 2.18. The van der Waals surface area contributed by atoms with E-state index >= 15 is 0 Å². The lowest BCUT2D eigenvalue weighted by molar-refractivity contribution is 0.627. The van der Waals surface area contributed by atoms with Crippen LogP contribution in [0.4, 0.5) is 21.8 Å². The summed E-state index contributed by atoms with van der Waals surface area (Å²) in [7, 11) is 0. The number of aryl methyl sites for hydroxylation is 1. The van der Waals surface area contributed by atoms with Gasteiger partial charge in [0.1, 0.15) is 11.6 Å². The van der Waals surface area contributed by atoms with Crippen LogP contribution in [0.2, 0.25) is 0 Å². The van der Waals surface area contributed by atoms with Crippen molar-refractivity contribution in [3.63, 3.8) is 0 Å². The fourth-order valence-electron chi connectivity index (χ4n) is 3.14. The number of nitrogens with one attached hydrogen (secondary N) is 1. The van der Waals surface area contributed by atoms with Gasteiger partial charge in [0.2, 0.25) is 5.95 Å². The van der Waals surface area contributed by atoms with Crippen LogP contribution >= 0.6 is 0 Å². The van der Waals surface area contributed by atoms with E-state index in [2.05, 4.69) is 44.5 Å². The number of benzene rings is 2. The number of nitrogens with zero attached hydrogens (tertiary/aromatic N) is 3. The highest BCUT2D eigenvalue weighted by Crippen LogP contribution is 2.32. The molecule has 126 valence electrons. The lowest BCUT2D eigenvalue weighted by Gasteiger charge is -2.30. The largest absolute Gasteiger partial charge is 0.350 e. The molecule has 2 aromatic carbocycles. The Morgan fingerprint density at radius 2 is 1.88 bits per heavy atom. The summed E-state index contributed by atoms with van der Waals surface area (Å²) in [5.41, 5.74) is 3.56. The smallest absolute Gasteiger partial charge is 0.224 e. The summed E-state index contributed by atoms with van der Waals surface area (Å²) < 4.78 is 13.0. The van der Waals surface area contributed by atoms with Gasteiger partial charge >= 0.3 is 0 Å². The van der Waals surface area contributed by atoms with Gasteiger partial charge in [0.05, 0.1) is 0 Å². The van der Waals surface area contributed by atoms with Gasteiger partial charge in [-0.3, -0.25) is 0 Å². The highest BCUT2D eigenvalue weighted by atomic mass is 19.1.